The second-order valence-corrected chi connectivity index (χ2v) is 5.18. The van der Waals surface area contributed by atoms with Crippen LogP contribution in [0.5, 0.6) is 0 Å². The van der Waals surface area contributed by atoms with E-state index in [1.165, 1.54) is 9.88 Å². The van der Waals surface area contributed by atoms with Crippen LogP contribution >= 0.6 is 11.3 Å². The molecule has 1 heterocycles. The number of allylic oxidation sites excluding steroid dienone is 1. The average Bonchev–Trinajstić information content (AvgIpc) is 2.52. The summed E-state index contributed by atoms with van der Waals surface area (Å²) >= 11 is 1.79. The second-order valence-electron chi connectivity index (χ2n) is 3.90. The number of thiazole rings is 1. The standard InChI is InChI=1S/C12H20N2S/c1-5-6-7-9(2)13-8-12-14-10(3)11(4)15-12/h5,9,13H,1,6-8H2,2-4H3/t9-/m0/s1. The van der Waals surface area contributed by atoms with E-state index in [1.54, 1.807) is 11.3 Å². The molecule has 0 radical (unpaired) electrons. The highest BCUT2D eigenvalue weighted by atomic mass is 32.1. The van der Waals surface area contributed by atoms with Crippen LogP contribution in [0.3, 0.4) is 0 Å². The van der Waals surface area contributed by atoms with Gasteiger partial charge in [0.25, 0.3) is 0 Å². The molecule has 0 spiro atoms. The van der Waals surface area contributed by atoms with E-state index < -0.39 is 0 Å². The van der Waals surface area contributed by atoms with Gasteiger partial charge in [-0.3, -0.25) is 0 Å². The summed E-state index contributed by atoms with van der Waals surface area (Å²) in [6.45, 7) is 11.0. The van der Waals surface area contributed by atoms with E-state index in [0.29, 0.717) is 6.04 Å². The van der Waals surface area contributed by atoms with Gasteiger partial charge in [-0.25, -0.2) is 4.98 Å². The Morgan fingerprint density at radius 3 is 2.80 bits per heavy atom. The van der Waals surface area contributed by atoms with E-state index in [0.717, 1.165) is 25.1 Å². The third kappa shape index (κ3) is 4.14. The monoisotopic (exact) mass is 224 g/mol. The maximum absolute atomic E-state index is 4.50. The molecule has 0 aliphatic carbocycles. The topological polar surface area (TPSA) is 24.9 Å². The van der Waals surface area contributed by atoms with Crippen LogP contribution in [0.4, 0.5) is 0 Å². The molecule has 1 rings (SSSR count). The number of nitrogens with one attached hydrogen (secondary N) is 1. The molecule has 0 unspecified atom stereocenters. The van der Waals surface area contributed by atoms with Crippen LogP contribution in [-0.4, -0.2) is 11.0 Å². The minimum Gasteiger partial charge on any atom is -0.308 e. The Labute approximate surface area is 96.4 Å². The fraction of sp³-hybridized carbons (Fsp3) is 0.583. The molecule has 2 nitrogen and oxygen atoms in total. The third-order valence-corrected chi connectivity index (χ3v) is 3.55. The van der Waals surface area contributed by atoms with Crippen LogP contribution in [0, 0.1) is 13.8 Å². The maximum atomic E-state index is 4.50. The van der Waals surface area contributed by atoms with Crippen LogP contribution in [0.2, 0.25) is 0 Å². The van der Waals surface area contributed by atoms with Gasteiger partial charge in [-0.1, -0.05) is 6.08 Å². The molecule has 0 saturated heterocycles. The molecule has 84 valence electrons. The Balaban J connectivity index is 2.33. The average molecular weight is 224 g/mol. The first-order valence-electron chi connectivity index (χ1n) is 5.40. The van der Waals surface area contributed by atoms with Crippen molar-refractivity contribution in [3.05, 3.63) is 28.2 Å². The molecule has 0 aliphatic rings. The molecule has 0 fully saturated rings. The van der Waals surface area contributed by atoms with Crippen LogP contribution < -0.4 is 5.32 Å². The maximum Gasteiger partial charge on any atom is 0.107 e. The van der Waals surface area contributed by atoms with Crippen molar-refractivity contribution in [2.75, 3.05) is 0 Å². The van der Waals surface area contributed by atoms with Gasteiger partial charge in [-0.15, -0.1) is 17.9 Å². The summed E-state index contributed by atoms with van der Waals surface area (Å²) < 4.78 is 0. The summed E-state index contributed by atoms with van der Waals surface area (Å²) in [4.78, 5) is 5.82. The van der Waals surface area contributed by atoms with Gasteiger partial charge in [0.2, 0.25) is 0 Å². The summed E-state index contributed by atoms with van der Waals surface area (Å²) in [5, 5.41) is 4.66. The second kappa shape index (κ2) is 6.03. The lowest BCUT2D eigenvalue weighted by molar-refractivity contribution is 0.517. The van der Waals surface area contributed by atoms with Crippen LogP contribution in [0.15, 0.2) is 12.7 Å². The van der Waals surface area contributed by atoms with Gasteiger partial charge in [0.15, 0.2) is 0 Å². The zero-order chi connectivity index (χ0) is 11.3. The molecule has 3 heteroatoms. The quantitative estimate of drug-likeness (QED) is 0.751. The highest BCUT2D eigenvalue weighted by molar-refractivity contribution is 7.11. The Hall–Kier alpha value is -0.670. The van der Waals surface area contributed by atoms with Crippen molar-refractivity contribution in [1.29, 1.82) is 0 Å². The molecule has 1 atom stereocenters. The summed E-state index contributed by atoms with van der Waals surface area (Å²) in [7, 11) is 0. The smallest absolute Gasteiger partial charge is 0.107 e. The van der Waals surface area contributed by atoms with Crippen molar-refractivity contribution in [2.45, 2.75) is 46.2 Å². The first-order chi connectivity index (χ1) is 7.13. The van der Waals surface area contributed by atoms with Crippen molar-refractivity contribution in [3.8, 4) is 0 Å². The number of hydrogen-bond donors (Lipinski definition) is 1. The van der Waals surface area contributed by atoms with E-state index in [9.17, 15) is 0 Å². The number of hydrogen-bond acceptors (Lipinski definition) is 3. The minimum absolute atomic E-state index is 0.535. The lowest BCUT2D eigenvalue weighted by atomic mass is 10.2. The number of nitrogens with zero attached hydrogens (tertiary/aromatic N) is 1. The highest BCUT2D eigenvalue weighted by Crippen LogP contribution is 2.16. The van der Waals surface area contributed by atoms with E-state index in [2.05, 4.69) is 37.7 Å². The fourth-order valence-corrected chi connectivity index (χ4v) is 2.23. The van der Waals surface area contributed by atoms with E-state index in [-0.39, 0.29) is 0 Å². The zero-order valence-electron chi connectivity index (χ0n) is 9.84. The van der Waals surface area contributed by atoms with Crippen molar-refractivity contribution in [2.24, 2.45) is 0 Å². The number of rotatable bonds is 6. The van der Waals surface area contributed by atoms with Crippen LogP contribution in [-0.2, 0) is 6.54 Å². The highest BCUT2D eigenvalue weighted by Gasteiger charge is 2.05. The fourth-order valence-electron chi connectivity index (χ4n) is 1.35. The van der Waals surface area contributed by atoms with Gasteiger partial charge < -0.3 is 5.32 Å². The Kier molecular flexibility index (Phi) is 4.99. The summed E-state index contributed by atoms with van der Waals surface area (Å²) in [5.74, 6) is 0. The molecule has 1 aromatic heterocycles. The van der Waals surface area contributed by atoms with Gasteiger partial charge >= 0.3 is 0 Å². The molecule has 0 saturated carbocycles. The molecule has 0 bridgehead atoms. The van der Waals surface area contributed by atoms with E-state index in [1.807, 2.05) is 6.08 Å². The van der Waals surface area contributed by atoms with Gasteiger partial charge in [-0.05, 0) is 33.6 Å². The summed E-state index contributed by atoms with van der Waals surface area (Å²) in [6.07, 6.45) is 4.19. The van der Waals surface area contributed by atoms with Crippen LogP contribution in [0.1, 0.15) is 35.3 Å². The van der Waals surface area contributed by atoms with Gasteiger partial charge in [0.05, 0.1) is 5.69 Å². The molecular formula is C12H20N2S. The molecule has 0 aliphatic heterocycles. The van der Waals surface area contributed by atoms with Crippen molar-refractivity contribution < 1.29 is 0 Å². The molecule has 1 aromatic rings. The zero-order valence-corrected chi connectivity index (χ0v) is 10.7. The lowest BCUT2D eigenvalue weighted by Gasteiger charge is -2.10. The van der Waals surface area contributed by atoms with Crippen molar-refractivity contribution in [3.63, 3.8) is 0 Å². The van der Waals surface area contributed by atoms with E-state index >= 15 is 0 Å². The number of aryl methyl sites for hydroxylation is 2. The first kappa shape index (κ1) is 12.4. The Morgan fingerprint density at radius 2 is 2.27 bits per heavy atom. The lowest BCUT2D eigenvalue weighted by Crippen LogP contribution is -2.25. The van der Waals surface area contributed by atoms with Gasteiger partial charge in [0.1, 0.15) is 5.01 Å². The third-order valence-electron chi connectivity index (χ3n) is 2.48. The molecule has 0 amide bonds. The van der Waals surface area contributed by atoms with Crippen molar-refractivity contribution in [1.82, 2.24) is 10.3 Å². The number of aromatic nitrogens is 1. The Morgan fingerprint density at radius 1 is 1.53 bits per heavy atom. The Bertz CT molecular complexity index is 298. The summed E-state index contributed by atoms with van der Waals surface area (Å²) in [6, 6.07) is 0.535. The minimum atomic E-state index is 0.535. The molecular weight excluding hydrogens is 204 g/mol. The van der Waals surface area contributed by atoms with E-state index in [4.69, 9.17) is 0 Å². The molecule has 15 heavy (non-hydrogen) atoms. The SMILES string of the molecule is C=CCC[C@H](C)NCc1nc(C)c(C)s1. The largest absolute Gasteiger partial charge is 0.308 e. The van der Waals surface area contributed by atoms with Crippen LogP contribution in [0.25, 0.3) is 0 Å². The van der Waals surface area contributed by atoms with Gasteiger partial charge in [-0.2, -0.15) is 0 Å². The normalized spacial score (nSPS) is 12.7. The van der Waals surface area contributed by atoms with Crippen molar-refractivity contribution >= 4 is 11.3 Å². The van der Waals surface area contributed by atoms with Gasteiger partial charge in [0, 0.05) is 17.5 Å². The molecule has 1 N–H and O–H groups in total. The predicted molar refractivity (Wildman–Crippen MR) is 67.3 cm³/mol. The molecule has 0 aromatic carbocycles. The predicted octanol–water partition coefficient (Wildman–Crippen LogP) is 3.20. The summed E-state index contributed by atoms with van der Waals surface area (Å²) in [5.41, 5.74) is 1.16. The first-order valence-corrected chi connectivity index (χ1v) is 6.22.